The Bertz CT molecular complexity index is 254. The minimum absolute atomic E-state index is 0.0227. The van der Waals surface area contributed by atoms with E-state index in [4.69, 9.17) is 5.73 Å². The number of nitrogens with zero attached hydrogens (tertiary/aromatic N) is 1. The molecule has 0 bridgehead atoms. The maximum absolute atomic E-state index is 11.8. The van der Waals surface area contributed by atoms with Gasteiger partial charge in [-0.25, -0.2) is 0 Å². The van der Waals surface area contributed by atoms with E-state index in [0.29, 0.717) is 24.2 Å². The van der Waals surface area contributed by atoms with Crippen molar-refractivity contribution in [3.05, 3.63) is 0 Å². The Morgan fingerprint density at radius 3 is 2.60 bits per heavy atom. The van der Waals surface area contributed by atoms with E-state index < -0.39 is 0 Å². The molecule has 2 N–H and O–H groups in total. The largest absolute Gasteiger partial charge is 0.339 e. The van der Waals surface area contributed by atoms with Crippen molar-refractivity contribution >= 4 is 5.91 Å². The Hall–Kier alpha value is -0.570. The molecule has 1 atom stereocenters. The minimum Gasteiger partial charge on any atom is -0.339 e. The molecule has 0 spiro atoms. The second-order valence-electron chi connectivity index (χ2n) is 5.47. The van der Waals surface area contributed by atoms with Crippen LogP contribution in [0.5, 0.6) is 0 Å². The Morgan fingerprint density at radius 1 is 1.53 bits per heavy atom. The Balaban J connectivity index is 1.76. The zero-order valence-electron chi connectivity index (χ0n) is 9.83. The first-order valence-corrected chi connectivity index (χ1v) is 6.12. The number of rotatable bonds is 4. The van der Waals surface area contributed by atoms with Gasteiger partial charge in [0.25, 0.3) is 0 Å². The van der Waals surface area contributed by atoms with Crippen LogP contribution >= 0.6 is 0 Å². The highest BCUT2D eigenvalue weighted by atomic mass is 16.2. The fourth-order valence-electron chi connectivity index (χ4n) is 2.33. The van der Waals surface area contributed by atoms with Crippen LogP contribution in [0.15, 0.2) is 0 Å². The lowest BCUT2D eigenvalue weighted by Crippen LogP contribution is -2.69. The van der Waals surface area contributed by atoms with E-state index in [1.807, 2.05) is 4.90 Å². The number of carbonyl (C=O) groups is 1. The third-order valence-corrected chi connectivity index (χ3v) is 3.93. The van der Waals surface area contributed by atoms with Crippen LogP contribution in [-0.4, -0.2) is 29.4 Å². The average molecular weight is 210 g/mol. The maximum atomic E-state index is 11.8. The summed E-state index contributed by atoms with van der Waals surface area (Å²) in [6, 6.07) is 0. The Morgan fingerprint density at radius 2 is 2.13 bits per heavy atom. The lowest BCUT2D eigenvalue weighted by molar-refractivity contribution is -0.140. The molecule has 1 amide bonds. The number of amides is 1. The van der Waals surface area contributed by atoms with Crippen LogP contribution < -0.4 is 5.73 Å². The van der Waals surface area contributed by atoms with Crippen LogP contribution in [0, 0.1) is 11.8 Å². The molecular weight excluding hydrogens is 188 g/mol. The molecule has 3 nitrogen and oxygen atoms in total. The predicted molar refractivity (Wildman–Crippen MR) is 60.3 cm³/mol. The van der Waals surface area contributed by atoms with E-state index in [9.17, 15) is 4.79 Å². The lowest BCUT2D eigenvalue weighted by atomic mass is 9.85. The SMILES string of the molecule is CCC(C)CC(=O)N1CC(N)(C2CC2)C1. The van der Waals surface area contributed by atoms with E-state index in [0.717, 1.165) is 19.5 Å². The van der Waals surface area contributed by atoms with Gasteiger partial charge in [0.1, 0.15) is 0 Å². The summed E-state index contributed by atoms with van der Waals surface area (Å²) >= 11 is 0. The Labute approximate surface area is 92.0 Å². The molecule has 15 heavy (non-hydrogen) atoms. The molecule has 1 heterocycles. The van der Waals surface area contributed by atoms with Crippen molar-refractivity contribution in [2.75, 3.05) is 13.1 Å². The number of hydrogen-bond acceptors (Lipinski definition) is 2. The van der Waals surface area contributed by atoms with Gasteiger partial charge in [0.05, 0.1) is 5.54 Å². The highest BCUT2D eigenvalue weighted by Crippen LogP contribution is 2.43. The highest BCUT2D eigenvalue weighted by molar-refractivity contribution is 5.77. The molecule has 0 radical (unpaired) electrons. The number of hydrogen-bond donors (Lipinski definition) is 1. The first-order valence-electron chi connectivity index (χ1n) is 6.12. The summed E-state index contributed by atoms with van der Waals surface area (Å²) in [4.78, 5) is 13.7. The van der Waals surface area contributed by atoms with E-state index in [1.54, 1.807) is 0 Å². The summed E-state index contributed by atoms with van der Waals surface area (Å²) in [7, 11) is 0. The van der Waals surface area contributed by atoms with Gasteiger partial charge < -0.3 is 10.6 Å². The van der Waals surface area contributed by atoms with E-state index in [2.05, 4.69) is 13.8 Å². The zero-order valence-corrected chi connectivity index (χ0v) is 9.83. The first kappa shape index (κ1) is 10.9. The number of nitrogens with two attached hydrogens (primary N) is 1. The molecule has 86 valence electrons. The van der Waals surface area contributed by atoms with Crippen LogP contribution in [-0.2, 0) is 4.79 Å². The quantitative estimate of drug-likeness (QED) is 0.762. The van der Waals surface area contributed by atoms with Gasteiger partial charge in [-0.2, -0.15) is 0 Å². The van der Waals surface area contributed by atoms with Gasteiger partial charge in [-0.15, -0.1) is 0 Å². The summed E-state index contributed by atoms with van der Waals surface area (Å²) in [5, 5.41) is 0. The zero-order chi connectivity index (χ0) is 11.1. The molecule has 2 fully saturated rings. The monoisotopic (exact) mass is 210 g/mol. The van der Waals surface area contributed by atoms with Gasteiger partial charge >= 0.3 is 0 Å². The van der Waals surface area contributed by atoms with E-state index in [-0.39, 0.29) is 5.54 Å². The highest BCUT2D eigenvalue weighted by Gasteiger charge is 2.51. The third-order valence-electron chi connectivity index (χ3n) is 3.93. The van der Waals surface area contributed by atoms with Crippen molar-refractivity contribution in [2.24, 2.45) is 17.6 Å². The van der Waals surface area contributed by atoms with Crippen LogP contribution in [0.3, 0.4) is 0 Å². The van der Waals surface area contributed by atoms with Gasteiger partial charge in [-0.05, 0) is 24.7 Å². The van der Waals surface area contributed by atoms with Crippen molar-refractivity contribution in [3.8, 4) is 0 Å². The molecular formula is C12H22N2O. The topological polar surface area (TPSA) is 46.3 Å². The Kier molecular flexibility index (Phi) is 2.75. The second-order valence-corrected chi connectivity index (χ2v) is 5.47. The fourth-order valence-corrected chi connectivity index (χ4v) is 2.33. The van der Waals surface area contributed by atoms with Crippen LogP contribution in [0.25, 0.3) is 0 Å². The predicted octanol–water partition coefficient (Wildman–Crippen LogP) is 1.37. The normalized spacial score (nSPS) is 25.9. The molecule has 0 aromatic heterocycles. The van der Waals surface area contributed by atoms with Crippen molar-refractivity contribution in [3.63, 3.8) is 0 Å². The molecule has 3 heteroatoms. The second kappa shape index (κ2) is 3.78. The van der Waals surface area contributed by atoms with Gasteiger partial charge in [0.2, 0.25) is 5.91 Å². The molecule has 1 aliphatic heterocycles. The smallest absolute Gasteiger partial charge is 0.222 e. The summed E-state index contributed by atoms with van der Waals surface area (Å²) in [5.74, 6) is 1.50. The van der Waals surface area contributed by atoms with Gasteiger partial charge in [-0.3, -0.25) is 4.79 Å². The number of carbonyl (C=O) groups excluding carboxylic acids is 1. The standard InChI is InChI=1S/C12H22N2O/c1-3-9(2)6-11(15)14-7-12(13,8-14)10-4-5-10/h9-10H,3-8,13H2,1-2H3. The molecule has 1 saturated carbocycles. The van der Waals surface area contributed by atoms with Gasteiger partial charge in [-0.1, -0.05) is 20.3 Å². The van der Waals surface area contributed by atoms with Crippen molar-refractivity contribution < 1.29 is 4.79 Å². The summed E-state index contributed by atoms with van der Waals surface area (Å²) in [6.45, 7) is 5.86. The van der Waals surface area contributed by atoms with Gasteiger partial charge in [0.15, 0.2) is 0 Å². The van der Waals surface area contributed by atoms with Gasteiger partial charge in [0, 0.05) is 19.5 Å². The van der Waals surface area contributed by atoms with Crippen LogP contribution in [0.4, 0.5) is 0 Å². The van der Waals surface area contributed by atoms with Crippen LogP contribution in [0.2, 0.25) is 0 Å². The van der Waals surface area contributed by atoms with Crippen molar-refractivity contribution in [1.82, 2.24) is 4.90 Å². The molecule has 2 rings (SSSR count). The molecule has 0 aromatic carbocycles. The molecule has 2 aliphatic rings. The maximum Gasteiger partial charge on any atom is 0.222 e. The van der Waals surface area contributed by atoms with Crippen molar-refractivity contribution in [2.45, 2.75) is 45.1 Å². The molecule has 0 aromatic rings. The average Bonchev–Trinajstić information content (AvgIpc) is 2.95. The first-order chi connectivity index (χ1) is 7.05. The fraction of sp³-hybridized carbons (Fsp3) is 0.917. The van der Waals surface area contributed by atoms with E-state index >= 15 is 0 Å². The molecule has 1 saturated heterocycles. The van der Waals surface area contributed by atoms with E-state index in [1.165, 1.54) is 12.8 Å². The number of likely N-dealkylation sites (tertiary alicyclic amines) is 1. The third kappa shape index (κ3) is 2.17. The molecule has 1 unspecified atom stereocenters. The summed E-state index contributed by atoms with van der Waals surface area (Å²) in [5.41, 5.74) is 6.18. The van der Waals surface area contributed by atoms with Crippen molar-refractivity contribution in [1.29, 1.82) is 0 Å². The summed E-state index contributed by atoms with van der Waals surface area (Å²) in [6.07, 6.45) is 4.31. The molecule has 1 aliphatic carbocycles. The minimum atomic E-state index is -0.0227. The summed E-state index contributed by atoms with van der Waals surface area (Å²) < 4.78 is 0. The lowest BCUT2D eigenvalue weighted by Gasteiger charge is -2.48. The van der Waals surface area contributed by atoms with Crippen LogP contribution in [0.1, 0.15) is 39.5 Å².